The summed E-state index contributed by atoms with van der Waals surface area (Å²) in [5, 5.41) is 0. The Morgan fingerprint density at radius 2 is 1.33 bits per heavy atom. The van der Waals surface area contributed by atoms with Gasteiger partial charge in [0.15, 0.2) is 0 Å². The third-order valence-corrected chi connectivity index (χ3v) is 6.99. The van der Waals surface area contributed by atoms with Gasteiger partial charge in [-0.15, -0.1) is 0 Å². The number of hydrogen-bond donors (Lipinski definition) is 0. The van der Waals surface area contributed by atoms with E-state index in [9.17, 15) is 0 Å². The van der Waals surface area contributed by atoms with Gasteiger partial charge in [0.1, 0.15) is 0 Å². The average molecular weight is 291 g/mol. The van der Waals surface area contributed by atoms with Crippen molar-refractivity contribution in [3.63, 3.8) is 0 Å². The number of likely N-dealkylation sites (tertiary alicyclic amines) is 3. The molecule has 4 fully saturated rings. The van der Waals surface area contributed by atoms with Gasteiger partial charge in [0.05, 0.1) is 0 Å². The minimum Gasteiger partial charge on any atom is -0.300 e. The molecule has 2 unspecified atom stereocenters. The summed E-state index contributed by atoms with van der Waals surface area (Å²) >= 11 is 0. The molecule has 0 N–H and O–H groups in total. The van der Waals surface area contributed by atoms with Crippen LogP contribution < -0.4 is 0 Å². The van der Waals surface area contributed by atoms with Gasteiger partial charge in [-0.1, -0.05) is 0 Å². The van der Waals surface area contributed by atoms with Gasteiger partial charge in [0.25, 0.3) is 0 Å². The second-order valence-electron chi connectivity index (χ2n) is 8.90. The fourth-order valence-corrected chi connectivity index (χ4v) is 5.28. The predicted octanol–water partition coefficient (Wildman–Crippen LogP) is 2.13. The maximum absolute atomic E-state index is 2.86. The molecule has 4 rings (SSSR count). The van der Waals surface area contributed by atoms with Crippen LogP contribution in [0.3, 0.4) is 0 Å². The molecular weight excluding hydrogens is 258 g/mol. The summed E-state index contributed by atoms with van der Waals surface area (Å²) in [6.45, 7) is 17.6. The van der Waals surface area contributed by atoms with Crippen LogP contribution in [0.25, 0.3) is 0 Å². The van der Waals surface area contributed by atoms with Gasteiger partial charge in [-0.3, -0.25) is 9.80 Å². The first-order valence-corrected chi connectivity index (χ1v) is 9.21. The largest absolute Gasteiger partial charge is 0.300 e. The van der Waals surface area contributed by atoms with E-state index >= 15 is 0 Å². The standard InChI is InChI=1S/C18H33N3/c1-13(2)20-9-15-16(10-20)17(15)19-7-5-18(6-8-19)11-21(12-18)14(3)4/h13-17H,5-12H2,1-4H3. The summed E-state index contributed by atoms with van der Waals surface area (Å²) in [7, 11) is 0. The average Bonchev–Trinajstić information content (AvgIpc) is 2.89. The van der Waals surface area contributed by atoms with Crippen LogP contribution in [-0.2, 0) is 0 Å². The highest BCUT2D eigenvalue weighted by Gasteiger charge is 2.59. The number of nitrogens with zero attached hydrogens (tertiary/aromatic N) is 3. The van der Waals surface area contributed by atoms with Crippen molar-refractivity contribution >= 4 is 0 Å². The van der Waals surface area contributed by atoms with E-state index in [1.54, 1.807) is 0 Å². The van der Waals surface area contributed by atoms with Crippen molar-refractivity contribution in [3.05, 3.63) is 0 Å². The van der Waals surface area contributed by atoms with Crippen LogP contribution in [0.1, 0.15) is 40.5 Å². The zero-order chi connectivity index (χ0) is 14.8. The van der Waals surface area contributed by atoms with Crippen LogP contribution in [0.4, 0.5) is 0 Å². The summed E-state index contributed by atoms with van der Waals surface area (Å²) in [6, 6.07) is 2.46. The molecule has 3 aliphatic heterocycles. The number of rotatable bonds is 3. The fourth-order valence-electron chi connectivity index (χ4n) is 5.28. The molecule has 0 aromatic heterocycles. The van der Waals surface area contributed by atoms with Crippen molar-refractivity contribution in [2.45, 2.75) is 58.7 Å². The Hall–Kier alpha value is -0.120. The van der Waals surface area contributed by atoms with E-state index in [-0.39, 0.29) is 0 Å². The molecule has 0 aromatic carbocycles. The molecule has 3 saturated heterocycles. The summed E-state index contributed by atoms with van der Waals surface area (Å²) in [5.74, 6) is 2.02. The summed E-state index contributed by atoms with van der Waals surface area (Å²) in [4.78, 5) is 8.20. The highest BCUT2D eigenvalue weighted by atomic mass is 15.3. The molecular formula is C18H33N3. The van der Waals surface area contributed by atoms with Crippen molar-refractivity contribution in [1.29, 1.82) is 0 Å². The minimum absolute atomic E-state index is 0.703. The quantitative estimate of drug-likeness (QED) is 0.789. The first kappa shape index (κ1) is 14.5. The second kappa shape index (κ2) is 4.94. The van der Waals surface area contributed by atoms with E-state index < -0.39 is 0 Å². The van der Waals surface area contributed by atoms with E-state index in [1.165, 1.54) is 52.1 Å². The van der Waals surface area contributed by atoms with Crippen LogP contribution in [0, 0.1) is 17.3 Å². The molecule has 0 bridgehead atoms. The predicted molar refractivity (Wildman–Crippen MR) is 87.4 cm³/mol. The Balaban J connectivity index is 1.25. The van der Waals surface area contributed by atoms with Crippen LogP contribution in [0.5, 0.6) is 0 Å². The van der Waals surface area contributed by atoms with Crippen molar-refractivity contribution in [3.8, 4) is 0 Å². The highest BCUT2D eigenvalue weighted by molar-refractivity contribution is 5.13. The third-order valence-electron chi connectivity index (χ3n) is 6.99. The van der Waals surface area contributed by atoms with Crippen LogP contribution >= 0.6 is 0 Å². The van der Waals surface area contributed by atoms with Gasteiger partial charge in [-0.2, -0.15) is 0 Å². The zero-order valence-corrected chi connectivity index (χ0v) is 14.4. The first-order valence-electron chi connectivity index (χ1n) is 9.21. The minimum atomic E-state index is 0.703. The van der Waals surface area contributed by atoms with E-state index in [0.29, 0.717) is 5.41 Å². The van der Waals surface area contributed by atoms with Gasteiger partial charge in [-0.25, -0.2) is 0 Å². The number of hydrogen-bond acceptors (Lipinski definition) is 3. The fraction of sp³-hybridized carbons (Fsp3) is 1.00. The Morgan fingerprint density at radius 1 is 0.810 bits per heavy atom. The molecule has 21 heavy (non-hydrogen) atoms. The molecule has 0 aromatic rings. The smallest absolute Gasteiger partial charge is 0.0184 e. The first-order chi connectivity index (χ1) is 9.99. The normalized spacial score (nSPS) is 40.0. The van der Waals surface area contributed by atoms with Crippen molar-refractivity contribution < 1.29 is 0 Å². The maximum atomic E-state index is 2.86. The summed E-state index contributed by atoms with van der Waals surface area (Å²) < 4.78 is 0. The molecule has 3 nitrogen and oxygen atoms in total. The molecule has 1 saturated carbocycles. The Morgan fingerprint density at radius 3 is 1.81 bits per heavy atom. The molecule has 2 atom stereocenters. The lowest BCUT2D eigenvalue weighted by Gasteiger charge is -2.56. The maximum Gasteiger partial charge on any atom is 0.0184 e. The van der Waals surface area contributed by atoms with Crippen LogP contribution in [-0.4, -0.2) is 72.1 Å². The van der Waals surface area contributed by atoms with Crippen molar-refractivity contribution in [2.24, 2.45) is 17.3 Å². The van der Waals surface area contributed by atoms with Gasteiger partial charge >= 0.3 is 0 Å². The monoisotopic (exact) mass is 291 g/mol. The zero-order valence-electron chi connectivity index (χ0n) is 14.4. The molecule has 0 amide bonds. The molecule has 120 valence electrons. The Kier molecular flexibility index (Phi) is 3.40. The number of fused-ring (bicyclic) bond motifs is 1. The Labute approximate surface area is 130 Å². The van der Waals surface area contributed by atoms with Gasteiger partial charge in [0, 0.05) is 44.3 Å². The van der Waals surface area contributed by atoms with Crippen molar-refractivity contribution in [2.75, 3.05) is 39.3 Å². The highest BCUT2D eigenvalue weighted by Crippen LogP contribution is 2.51. The van der Waals surface area contributed by atoms with Crippen LogP contribution in [0.2, 0.25) is 0 Å². The third kappa shape index (κ3) is 2.36. The summed E-state index contributed by atoms with van der Waals surface area (Å²) in [5.41, 5.74) is 0.703. The topological polar surface area (TPSA) is 9.72 Å². The molecule has 0 radical (unpaired) electrons. The molecule has 3 heterocycles. The van der Waals surface area contributed by atoms with E-state index in [2.05, 4.69) is 42.4 Å². The molecule has 1 aliphatic carbocycles. The van der Waals surface area contributed by atoms with E-state index in [0.717, 1.165) is 30.0 Å². The summed E-state index contributed by atoms with van der Waals surface area (Å²) in [6.07, 6.45) is 2.92. The SMILES string of the molecule is CC(C)N1CC2C(C1)C2N1CCC2(CC1)CN(C(C)C)C2. The lowest BCUT2D eigenvalue weighted by Crippen LogP contribution is -2.62. The van der Waals surface area contributed by atoms with Gasteiger partial charge < -0.3 is 4.90 Å². The lowest BCUT2D eigenvalue weighted by atomic mass is 9.71. The van der Waals surface area contributed by atoms with Crippen molar-refractivity contribution in [1.82, 2.24) is 14.7 Å². The lowest BCUT2D eigenvalue weighted by molar-refractivity contribution is -0.0653. The van der Waals surface area contributed by atoms with E-state index in [4.69, 9.17) is 0 Å². The van der Waals surface area contributed by atoms with Gasteiger partial charge in [0.2, 0.25) is 0 Å². The number of piperidine rings is 2. The van der Waals surface area contributed by atoms with Gasteiger partial charge in [-0.05, 0) is 70.9 Å². The van der Waals surface area contributed by atoms with Crippen LogP contribution in [0.15, 0.2) is 0 Å². The Bertz CT molecular complexity index is 377. The molecule has 4 aliphatic rings. The molecule has 3 heteroatoms. The molecule has 1 spiro atoms. The van der Waals surface area contributed by atoms with E-state index in [1.807, 2.05) is 0 Å². The second-order valence-corrected chi connectivity index (χ2v) is 8.90.